The summed E-state index contributed by atoms with van der Waals surface area (Å²) in [5, 5.41) is 4.24. The zero-order valence-electron chi connectivity index (χ0n) is 13.3. The number of amides is 1. The number of benzene rings is 1. The van der Waals surface area contributed by atoms with Gasteiger partial charge in [-0.15, -0.1) is 0 Å². The molecule has 2 N–H and O–H groups in total. The predicted octanol–water partition coefficient (Wildman–Crippen LogP) is 2.87. The van der Waals surface area contributed by atoms with Crippen LogP contribution in [0.25, 0.3) is 10.9 Å². The molecular formula is C17H25N3O. The second-order valence-corrected chi connectivity index (χ2v) is 6.31. The lowest BCUT2D eigenvalue weighted by Crippen LogP contribution is -2.42. The molecule has 21 heavy (non-hydrogen) atoms. The molecule has 0 aliphatic rings. The fraction of sp³-hybridized carbons (Fsp3) is 0.471. The number of rotatable bonds is 6. The van der Waals surface area contributed by atoms with Crippen LogP contribution in [-0.4, -0.2) is 42.5 Å². The Kier molecular flexibility index (Phi) is 5.02. The highest BCUT2D eigenvalue weighted by Gasteiger charge is 2.17. The highest BCUT2D eigenvalue weighted by molar-refractivity contribution is 6.05. The molecular weight excluding hydrogens is 262 g/mol. The Morgan fingerprint density at radius 1 is 1.29 bits per heavy atom. The van der Waals surface area contributed by atoms with E-state index in [1.165, 1.54) is 0 Å². The first-order valence-electron chi connectivity index (χ1n) is 7.49. The Hall–Kier alpha value is -1.81. The van der Waals surface area contributed by atoms with Crippen molar-refractivity contribution >= 4 is 16.8 Å². The van der Waals surface area contributed by atoms with Crippen molar-refractivity contribution in [2.75, 3.05) is 20.6 Å². The molecule has 1 aromatic heterocycles. The van der Waals surface area contributed by atoms with Gasteiger partial charge in [-0.25, -0.2) is 0 Å². The molecule has 0 spiro atoms. The van der Waals surface area contributed by atoms with Crippen molar-refractivity contribution in [1.82, 2.24) is 15.2 Å². The molecule has 1 amide bonds. The summed E-state index contributed by atoms with van der Waals surface area (Å²) in [4.78, 5) is 17.8. The molecule has 0 aliphatic carbocycles. The number of hydrogen-bond donors (Lipinski definition) is 2. The number of hydrogen-bond acceptors (Lipinski definition) is 2. The monoisotopic (exact) mass is 287 g/mol. The van der Waals surface area contributed by atoms with Crippen molar-refractivity contribution in [3.63, 3.8) is 0 Å². The molecule has 2 rings (SSSR count). The Morgan fingerprint density at radius 3 is 2.71 bits per heavy atom. The number of para-hydroxylation sites is 1. The average Bonchev–Trinajstić information content (AvgIpc) is 2.84. The van der Waals surface area contributed by atoms with E-state index in [0.717, 1.165) is 23.9 Å². The number of fused-ring (bicyclic) bond motifs is 1. The maximum absolute atomic E-state index is 12.6. The minimum absolute atomic E-state index is 0.00412. The Labute approximate surface area is 126 Å². The summed E-state index contributed by atoms with van der Waals surface area (Å²) in [5.41, 5.74) is 1.62. The Balaban J connectivity index is 2.16. The number of aromatic nitrogens is 1. The van der Waals surface area contributed by atoms with Crippen LogP contribution in [0.4, 0.5) is 0 Å². The van der Waals surface area contributed by atoms with E-state index in [-0.39, 0.29) is 11.9 Å². The molecule has 0 aliphatic heterocycles. The van der Waals surface area contributed by atoms with Crippen molar-refractivity contribution < 1.29 is 4.79 Å². The molecule has 0 fully saturated rings. The number of likely N-dealkylation sites (N-methyl/N-ethyl adjacent to an activating group) is 1. The summed E-state index contributed by atoms with van der Waals surface area (Å²) in [5.74, 6) is 0.548. The van der Waals surface area contributed by atoms with Crippen LogP contribution in [0.1, 0.15) is 30.6 Å². The van der Waals surface area contributed by atoms with Crippen molar-refractivity contribution in [2.24, 2.45) is 5.92 Å². The molecule has 1 unspecified atom stereocenters. The van der Waals surface area contributed by atoms with Crippen molar-refractivity contribution in [1.29, 1.82) is 0 Å². The molecule has 0 saturated heterocycles. The maximum atomic E-state index is 12.6. The van der Waals surface area contributed by atoms with Gasteiger partial charge in [-0.1, -0.05) is 26.0 Å². The zero-order chi connectivity index (χ0) is 15.4. The third-order valence-corrected chi connectivity index (χ3v) is 3.51. The van der Waals surface area contributed by atoms with Gasteiger partial charge in [0.25, 0.3) is 5.91 Å². The molecule has 4 nitrogen and oxygen atoms in total. The van der Waals surface area contributed by atoms with Crippen molar-refractivity contribution in [3.05, 3.63) is 36.0 Å². The molecule has 1 atom stereocenters. The average molecular weight is 287 g/mol. The Bertz CT molecular complexity index is 591. The predicted molar refractivity (Wildman–Crippen MR) is 87.6 cm³/mol. The van der Waals surface area contributed by atoms with Crippen LogP contribution in [0.3, 0.4) is 0 Å². The van der Waals surface area contributed by atoms with Crippen LogP contribution in [-0.2, 0) is 0 Å². The number of aromatic amines is 1. The number of carbonyl (C=O) groups excluding carboxylic acids is 1. The van der Waals surface area contributed by atoms with Gasteiger partial charge in [0.1, 0.15) is 0 Å². The lowest BCUT2D eigenvalue weighted by atomic mass is 10.0. The fourth-order valence-electron chi connectivity index (χ4n) is 2.73. The number of H-pyrrole nitrogens is 1. The van der Waals surface area contributed by atoms with E-state index in [9.17, 15) is 4.79 Å². The molecule has 114 valence electrons. The highest BCUT2D eigenvalue weighted by atomic mass is 16.1. The quantitative estimate of drug-likeness (QED) is 0.858. The molecule has 1 heterocycles. The first-order chi connectivity index (χ1) is 9.97. The standard InChI is InChI=1S/C17H25N3O/c1-12(2)10-14(11-20(3)4)19-17(21)15-7-5-6-13-8-9-18-16(13)15/h5-9,12,14,18H,10-11H2,1-4H3,(H,19,21). The number of carbonyl (C=O) groups is 1. The van der Waals surface area contributed by atoms with E-state index in [4.69, 9.17) is 0 Å². The van der Waals surface area contributed by atoms with E-state index in [1.807, 2.05) is 44.6 Å². The minimum atomic E-state index is -0.00412. The minimum Gasteiger partial charge on any atom is -0.361 e. The van der Waals surface area contributed by atoms with E-state index >= 15 is 0 Å². The topological polar surface area (TPSA) is 48.1 Å². The fourth-order valence-corrected chi connectivity index (χ4v) is 2.73. The molecule has 2 aromatic rings. The van der Waals surface area contributed by atoms with E-state index < -0.39 is 0 Å². The second-order valence-electron chi connectivity index (χ2n) is 6.31. The van der Waals surface area contributed by atoms with Gasteiger partial charge >= 0.3 is 0 Å². The van der Waals surface area contributed by atoms with Crippen LogP contribution < -0.4 is 5.32 Å². The van der Waals surface area contributed by atoms with E-state index in [1.54, 1.807) is 0 Å². The number of nitrogens with one attached hydrogen (secondary N) is 2. The molecule has 4 heteroatoms. The van der Waals surface area contributed by atoms with Gasteiger partial charge in [0.05, 0.1) is 11.1 Å². The molecule has 1 aromatic carbocycles. The third kappa shape index (κ3) is 4.08. The van der Waals surface area contributed by atoms with Crippen LogP contribution in [0.5, 0.6) is 0 Å². The summed E-state index contributed by atoms with van der Waals surface area (Å²) in [6.45, 7) is 5.21. The van der Waals surface area contributed by atoms with Gasteiger partial charge in [0, 0.05) is 24.2 Å². The lowest BCUT2D eigenvalue weighted by Gasteiger charge is -2.24. The second kappa shape index (κ2) is 6.76. The zero-order valence-corrected chi connectivity index (χ0v) is 13.3. The van der Waals surface area contributed by atoms with Crippen LogP contribution in [0, 0.1) is 5.92 Å². The van der Waals surface area contributed by atoms with E-state index in [0.29, 0.717) is 11.5 Å². The first kappa shape index (κ1) is 15.6. The Morgan fingerprint density at radius 2 is 2.05 bits per heavy atom. The smallest absolute Gasteiger partial charge is 0.253 e. The third-order valence-electron chi connectivity index (χ3n) is 3.51. The highest BCUT2D eigenvalue weighted by Crippen LogP contribution is 2.17. The lowest BCUT2D eigenvalue weighted by molar-refractivity contribution is 0.0926. The normalized spacial score (nSPS) is 13.0. The van der Waals surface area contributed by atoms with Gasteiger partial charge in [0.15, 0.2) is 0 Å². The van der Waals surface area contributed by atoms with Gasteiger partial charge in [0.2, 0.25) is 0 Å². The van der Waals surface area contributed by atoms with Crippen LogP contribution >= 0.6 is 0 Å². The summed E-state index contributed by atoms with van der Waals surface area (Å²) < 4.78 is 0. The van der Waals surface area contributed by atoms with Gasteiger partial charge < -0.3 is 15.2 Å². The van der Waals surface area contributed by atoms with Gasteiger partial charge in [-0.3, -0.25) is 4.79 Å². The summed E-state index contributed by atoms with van der Waals surface area (Å²) in [7, 11) is 4.07. The van der Waals surface area contributed by atoms with Crippen LogP contribution in [0.2, 0.25) is 0 Å². The summed E-state index contributed by atoms with van der Waals surface area (Å²) >= 11 is 0. The van der Waals surface area contributed by atoms with E-state index in [2.05, 4.69) is 29.0 Å². The van der Waals surface area contributed by atoms with Crippen molar-refractivity contribution in [3.8, 4) is 0 Å². The number of nitrogens with zero attached hydrogens (tertiary/aromatic N) is 1. The summed E-state index contributed by atoms with van der Waals surface area (Å²) in [6, 6.07) is 7.95. The van der Waals surface area contributed by atoms with Crippen LogP contribution in [0.15, 0.2) is 30.5 Å². The molecule has 0 saturated carbocycles. The SMILES string of the molecule is CC(C)CC(CN(C)C)NC(=O)c1cccc2cc[nH]c12. The summed E-state index contributed by atoms with van der Waals surface area (Å²) in [6.07, 6.45) is 2.84. The van der Waals surface area contributed by atoms with Gasteiger partial charge in [-0.05, 0) is 38.6 Å². The first-order valence-corrected chi connectivity index (χ1v) is 7.49. The van der Waals surface area contributed by atoms with Gasteiger partial charge in [-0.2, -0.15) is 0 Å². The maximum Gasteiger partial charge on any atom is 0.253 e. The molecule has 0 radical (unpaired) electrons. The molecule has 0 bridgehead atoms. The van der Waals surface area contributed by atoms with Crippen molar-refractivity contribution in [2.45, 2.75) is 26.3 Å². The largest absolute Gasteiger partial charge is 0.361 e.